The highest BCUT2D eigenvalue weighted by atomic mass is 16.5. The van der Waals surface area contributed by atoms with Crippen molar-refractivity contribution in [2.75, 3.05) is 13.6 Å². The van der Waals surface area contributed by atoms with E-state index in [-0.39, 0.29) is 17.9 Å². The molecule has 1 atom stereocenters. The standard InChI is InChI=1S/C19H17N5O4/c1-24-6-5-19(27,18(24)26)16-8-13(23-28-16)11-3-2-4-12(7-11)14-9-21-10-15(22-14)17(20)25/h2-4,7-10,27H,5-6H2,1H3,(H2,20,25)/t19-/m1/s1. The zero-order chi connectivity index (χ0) is 19.9. The summed E-state index contributed by atoms with van der Waals surface area (Å²) >= 11 is 0. The summed E-state index contributed by atoms with van der Waals surface area (Å²) in [6.07, 6.45) is 3.07. The molecule has 2 amide bonds. The molecule has 0 aliphatic carbocycles. The maximum Gasteiger partial charge on any atom is 0.268 e. The average Bonchev–Trinajstić information content (AvgIpc) is 3.31. The molecule has 28 heavy (non-hydrogen) atoms. The van der Waals surface area contributed by atoms with Crippen molar-refractivity contribution in [3.63, 3.8) is 0 Å². The molecule has 3 heterocycles. The first-order valence-electron chi connectivity index (χ1n) is 8.56. The quantitative estimate of drug-likeness (QED) is 0.689. The molecule has 0 bridgehead atoms. The molecule has 9 nitrogen and oxygen atoms in total. The van der Waals surface area contributed by atoms with Crippen molar-refractivity contribution in [3.8, 4) is 22.5 Å². The first kappa shape index (κ1) is 17.8. The van der Waals surface area contributed by atoms with E-state index in [1.165, 1.54) is 17.3 Å². The van der Waals surface area contributed by atoms with E-state index in [9.17, 15) is 14.7 Å². The molecule has 0 unspecified atom stereocenters. The van der Waals surface area contributed by atoms with Crippen LogP contribution < -0.4 is 5.73 Å². The number of hydrogen-bond acceptors (Lipinski definition) is 7. The summed E-state index contributed by atoms with van der Waals surface area (Å²) in [4.78, 5) is 33.2. The summed E-state index contributed by atoms with van der Waals surface area (Å²) in [7, 11) is 1.63. The minimum Gasteiger partial charge on any atom is -0.373 e. The molecule has 3 aromatic rings. The van der Waals surface area contributed by atoms with Crippen LogP contribution in [-0.4, -0.2) is 50.5 Å². The molecule has 1 aromatic carbocycles. The van der Waals surface area contributed by atoms with E-state index in [0.29, 0.717) is 29.1 Å². The largest absolute Gasteiger partial charge is 0.373 e. The van der Waals surface area contributed by atoms with Crippen molar-refractivity contribution >= 4 is 11.8 Å². The number of aromatic nitrogens is 3. The maximum absolute atomic E-state index is 12.2. The fourth-order valence-electron chi connectivity index (χ4n) is 3.15. The zero-order valence-electron chi connectivity index (χ0n) is 15.0. The predicted molar refractivity (Wildman–Crippen MR) is 97.6 cm³/mol. The topological polar surface area (TPSA) is 135 Å². The highest BCUT2D eigenvalue weighted by molar-refractivity contribution is 5.91. The van der Waals surface area contributed by atoms with Crippen LogP contribution in [0.15, 0.2) is 47.2 Å². The minimum absolute atomic E-state index is 0.0673. The van der Waals surface area contributed by atoms with Crippen LogP contribution in [0.3, 0.4) is 0 Å². The number of likely N-dealkylation sites (N-methyl/N-ethyl adjacent to an activating group) is 1. The molecule has 3 N–H and O–H groups in total. The van der Waals surface area contributed by atoms with Crippen LogP contribution in [0.5, 0.6) is 0 Å². The minimum atomic E-state index is -1.70. The van der Waals surface area contributed by atoms with Crippen LogP contribution in [0.25, 0.3) is 22.5 Å². The maximum atomic E-state index is 12.2. The first-order chi connectivity index (χ1) is 13.4. The van der Waals surface area contributed by atoms with Gasteiger partial charge in [-0.25, -0.2) is 4.98 Å². The Kier molecular flexibility index (Phi) is 4.16. The number of likely N-dealkylation sites (tertiary alicyclic amines) is 1. The molecule has 1 fully saturated rings. The van der Waals surface area contributed by atoms with E-state index in [4.69, 9.17) is 10.3 Å². The Bertz CT molecular complexity index is 1080. The van der Waals surface area contributed by atoms with Gasteiger partial charge in [0.05, 0.1) is 18.1 Å². The second kappa shape index (κ2) is 6.54. The Morgan fingerprint density at radius 2 is 2.00 bits per heavy atom. The number of nitrogens with two attached hydrogens (primary N) is 1. The van der Waals surface area contributed by atoms with Gasteiger partial charge in [0, 0.05) is 37.2 Å². The lowest BCUT2D eigenvalue weighted by molar-refractivity contribution is -0.144. The van der Waals surface area contributed by atoms with Gasteiger partial charge in [-0.1, -0.05) is 23.4 Å². The van der Waals surface area contributed by atoms with Gasteiger partial charge in [-0.3, -0.25) is 14.6 Å². The number of benzene rings is 1. The molecule has 142 valence electrons. The summed E-state index contributed by atoms with van der Waals surface area (Å²) in [6, 6.07) is 8.76. The lowest BCUT2D eigenvalue weighted by Crippen LogP contribution is -2.35. The van der Waals surface area contributed by atoms with E-state index in [2.05, 4.69) is 15.1 Å². The van der Waals surface area contributed by atoms with Crippen molar-refractivity contribution in [1.82, 2.24) is 20.0 Å². The second-order valence-electron chi connectivity index (χ2n) is 6.65. The van der Waals surface area contributed by atoms with Crippen molar-refractivity contribution in [1.29, 1.82) is 0 Å². The number of rotatable bonds is 4. The Morgan fingerprint density at radius 3 is 2.68 bits per heavy atom. The molecule has 1 aliphatic heterocycles. The molecule has 0 spiro atoms. The summed E-state index contributed by atoms with van der Waals surface area (Å²) in [5.74, 6) is -0.966. The number of amides is 2. The van der Waals surface area contributed by atoms with Gasteiger partial charge in [0.15, 0.2) is 5.76 Å². The van der Waals surface area contributed by atoms with Gasteiger partial charge in [-0.05, 0) is 6.07 Å². The third kappa shape index (κ3) is 2.91. The summed E-state index contributed by atoms with van der Waals surface area (Å²) in [6.45, 7) is 0.440. The van der Waals surface area contributed by atoms with Crippen molar-refractivity contribution in [2.45, 2.75) is 12.0 Å². The van der Waals surface area contributed by atoms with E-state index in [0.717, 1.165) is 0 Å². The second-order valence-corrected chi connectivity index (χ2v) is 6.65. The van der Waals surface area contributed by atoms with Crippen LogP contribution in [0.1, 0.15) is 22.7 Å². The number of primary amides is 1. The summed E-state index contributed by atoms with van der Waals surface area (Å²) < 4.78 is 5.28. The van der Waals surface area contributed by atoms with Gasteiger partial charge < -0.3 is 20.3 Å². The monoisotopic (exact) mass is 379 g/mol. The van der Waals surface area contributed by atoms with Crippen LogP contribution in [0.2, 0.25) is 0 Å². The van der Waals surface area contributed by atoms with E-state index in [1.807, 2.05) is 12.1 Å². The third-order valence-corrected chi connectivity index (χ3v) is 4.77. The highest BCUT2D eigenvalue weighted by Gasteiger charge is 2.48. The van der Waals surface area contributed by atoms with Crippen molar-refractivity contribution < 1.29 is 19.2 Å². The van der Waals surface area contributed by atoms with Gasteiger partial charge in [0.2, 0.25) is 5.60 Å². The van der Waals surface area contributed by atoms with Crippen LogP contribution in [0.4, 0.5) is 0 Å². The third-order valence-electron chi connectivity index (χ3n) is 4.77. The van der Waals surface area contributed by atoms with E-state index in [1.54, 1.807) is 25.2 Å². The predicted octanol–water partition coefficient (Wildman–Crippen LogP) is 0.947. The molecule has 0 radical (unpaired) electrons. The molecular formula is C19H17N5O4. The Morgan fingerprint density at radius 1 is 1.25 bits per heavy atom. The fourth-order valence-corrected chi connectivity index (χ4v) is 3.15. The number of aliphatic hydroxyl groups is 1. The summed E-state index contributed by atoms with van der Waals surface area (Å²) in [5.41, 5.74) is 5.97. The number of carbonyl (C=O) groups is 2. The van der Waals surface area contributed by atoms with Crippen molar-refractivity contribution in [3.05, 3.63) is 54.2 Å². The SMILES string of the molecule is CN1CC[C@@](O)(c2cc(-c3cccc(-c4cncc(C(N)=O)n4)c3)no2)C1=O. The molecule has 4 rings (SSSR count). The van der Waals surface area contributed by atoms with Gasteiger partial charge in [-0.15, -0.1) is 0 Å². The molecule has 2 aromatic heterocycles. The average molecular weight is 379 g/mol. The molecule has 9 heteroatoms. The highest BCUT2D eigenvalue weighted by Crippen LogP contribution is 2.35. The zero-order valence-corrected chi connectivity index (χ0v) is 15.0. The smallest absolute Gasteiger partial charge is 0.268 e. The van der Waals surface area contributed by atoms with E-state index < -0.39 is 17.4 Å². The van der Waals surface area contributed by atoms with Gasteiger partial charge in [0.25, 0.3) is 11.8 Å². The van der Waals surface area contributed by atoms with Crippen molar-refractivity contribution in [2.24, 2.45) is 5.73 Å². The lowest BCUT2D eigenvalue weighted by atomic mass is 9.98. The molecule has 0 saturated carbocycles. The van der Waals surface area contributed by atoms with Crippen LogP contribution >= 0.6 is 0 Å². The molecular weight excluding hydrogens is 362 g/mol. The van der Waals surface area contributed by atoms with Crippen LogP contribution in [0, 0.1) is 0 Å². The molecule has 1 saturated heterocycles. The van der Waals surface area contributed by atoms with Crippen LogP contribution in [-0.2, 0) is 10.4 Å². The fraction of sp³-hybridized carbons (Fsp3) is 0.211. The lowest BCUT2D eigenvalue weighted by Gasteiger charge is -2.16. The number of hydrogen-bond donors (Lipinski definition) is 2. The van der Waals surface area contributed by atoms with E-state index >= 15 is 0 Å². The Balaban J connectivity index is 1.68. The number of nitrogens with zero attached hydrogens (tertiary/aromatic N) is 4. The first-order valence-corrected chi connectivity index (χ1v) is 8.56. The van der Waals surface area contributed by atoms with Gasteiger partial charge >= 0.3 is 0 Å². The Labute approximate surface area is 159 Å². The Hall–Kier alpha value is -3.59. The van der Waals surface area contributed by atoms with Gasteiger partial charge in [-0.2, -0.15) is 0 Å². The summed E-state index contributed by atoms with van der Waals surface area (Å²) in [5, 5.41) is 14.7. The van der Waals surface area contributed by atoms with Gasteiger partial charge in [0.1, 0.15) is 11.4 Å². The number of carbonyl (C=O) groups excluding carboxylic acids is 2. The normalized spacial score (nSPS) is 19.2. The molecule has 1 aliphatic rings.